The minimum Gasteiger partial charge on any atom is -0.479 e. The minimum absolute atomic E-state index is 0.126. The van der Waals surface area contributed by atoms with Gasteiger partial charge in [-0.25, -0.2) is 14.0 Å². The topological polar surface area (TPSA) is 112 Å². The van der Waals surface area contributed by atoms with Crippen LogP contribution in [0.3, 0.4) is 0 Å². The molecule has 2 fully saturated rings. The molecule has 9 heteroatoms. The van der Waals surface area contributed by atoms with E-state index in [1.165, 1.54) is 10.6 Å². The lowest BCUT2D eigenvalue weighted by molar-refractivity contribution is -0.142. The van der Waals surface area contributed by atoms with E-state index in [-0.39, 0.29) is 16.6 Å². The van der Waals surface area contributed by atoms with Crippen LogP contribution in [0.2, 0.25) is 0 Å². The molecular formula is C18H18FN3O5. The number of benzene rings is 1. The first-order valence-corrected chi connectivity index (χ1v) is 8.67. The van der Waals surface area contributed by atoms with Crippen molar-refractivity contribution in [3.05, 3.63) is 39.9 Å². The second-order valence-electron chi connectivity index (χ2n) is 6.94. The molecule has 3 N–H and O–H groups in total. The number of hydrogen-bond acceptors (Lipinski definition) is 5. The molecule has 2 heterocycles. The number of aromatic nitrogens is 1. The van der Waals surface area contributed by atoms with Crippen LogP contribution in [0.25, 0.3) is 10.9 Å². The fraction of sp³-hybridized carbons (Fsp3) is 0.389. The quantitative estimate of drug-likeness (QED) is 0.725. The maximum atomic E-state index is 14.7. The summed E-state index contributed by atoms with van der Waals surface area (Å²) in [5, 5.41) is 22.0. The number of fused-ring (bicyclic) bond motifs is 1. The molecule has 0 radical (unpaired) electrons. The number of carboxylic acids is 2. The molecule has 2 aromatic rings. The Balaban J connectivity index is 2.01. The van der Waals surface area contributed by atoms with Crippen molar-refractivity contribution in [1.29, 1.82) is 0 Å². The smallest absolute Gasteiger partial charge is 0.341 e. The highest BCUT2D eigenvalue weighted by molar-refractivity contribution is 5.95. The van der Waals surface area contributed by atoms with E-state index in [9.17, 15) is 29.0 Å². The van der Waals surface area contributed by atoms with Gasteiger partial charge in [-0.15, -0.1) is 0 Å². The normalized spacial score (nSPS) is 18.5. The number of nitrogens with one attached hydrogen (secondary N) is 1. The second kappa shape index (κ2) is 6.05. The number of piperazine rings is 1. The molecule has 0 atom stereocenters. The highest BCUT2D eigenvalue weighted by Gasteiger charge is 2.52. The number of carbonyl (C=O) groups is 2. The van der Waals surface area contributed by atoms with E-state index < -0.39 is 34.3 Å². The number of rotatable bonds is 4. The van der Waals surface area contributed by atoms with Crippen molar-refractivity contribution in [1.82, 2.24) is 9.88 Å². The van der Waals surface area contributed by atoms with E-state index in [0.29, 0.717) is 39.0 Å². The lowest BCUT2D eigenvalue weighted by Gasteiger charge is -2.30. The average Bonchev–Trinajstić information content (AvgIpc) is 3.44. The maximum Gasteiger partial charge on any atom is 0.341 e. The summed E-state index contributed by atoms with van der Waals surface area (Å²) in [4.78, 5) is 37.6. The van der Waals surface area contributed by atoms with Gasteiger partial charge in [0.15, 0.2) is 0 Å². The van der Waals surface area contributed by atoms with E-state index in [1.54, 1.807) is 0 Å². The molecule has 0 unspecified atom stereocenters. The van der Waals surface area contributed by atoms with Crippen LogP contribution in [0.15, 0.2) is 23.1 Å². The molecule has 1 aromatic heterocycles. The predicted octanol–water partition coefficient (Wildman–Crippen LogP) is 0.822. The molecule has 27 heavy (non-hydrogen) atoms. The summed E-state index contributed by atoms with van der Waals surface area (Å²) in [6, 6.07) is 2.49. The zero-order chi connectivity index (χ0) is 19.3. The SMILES string of the molecule is O=C(O)c1cn(C2(C(=O)O)CC2)c2cc(N3CCNCC3)c(F)cc2c1=O. The van der Waals surface area contributed by atoms with Gasteiger partial charge >= 0.3 is 11.9 Å². The Morgan fingerprint density at radius 1 is 1.15 bits per heavy atom. The van der Waals surface area contributed by atoms with Gasteiger partial charge in [0.1, 0.15) is 16.9 Å². The Labute approximate surface area is 152 Å². The van der Waals surface area contributed by atoms with Crippen molar-refractivity contribution >= 4 is 28.5 Å². The number of halogens is 1. The van der Waals surface area contributed by atoms with Crippen molar-refractivity contribution in [3.8, 4) is 0 Å². The number of aliphatic carboxylic acids is 1. The van der Waals surface area contributed by atoms with Gasteiger partial charge in [-0.3, -0.25) is 4.79 Å². The van der Waals surface area contributed by atoms with Crippen molar-refractivity contribution in [3.63, 3.8) is 0 Å². The van der Waals surface area contributed by atoms with Crippen molar-refractivity contribution in [2.75, 3.05) is 31.1 Å². The van der Waals surface area contributed by atoms with Crippen LogP contribution in [-0.4, -0.2) is 52.9 Å². The Morgan fingerprint density at radius 3 is 2.37 bits per heavy atom. The van der Waals surface area contributed by atoms with Gasteiger partial charge < -0.3 is 25.0 Å². The number of carboxylic acid groups (broad SMARTS) is 2. The molecule has 1 aliphatic carbocycles. The standard InChI is InChI=1S/C18H18FN3O5/c19-12-7-10-13(8-14(12)21-5-3-20-4-6-21)22(18(1-2-18)17(26)27)9-11(15(10)23)16(24)25/h7-9,20H,1-6H2,(H,24,25)(H,26,27). The largest absolute Gasteiger partial charge is 0.479 e. The van der Waals surface area contributed by atoms with Crippen LogP contribution >= 0.6 is 0 Å². The van der Waals surface area contributed by atoms with Crippen molar-refractivity contribution < 1.29 is 24.2 Å². The van der Waals surface area contributed by atoms with Crippen LogP contribution in [0.4, 0.5) is 10.1 Å². The van der Waals surface area contributed by atoms with E-state index in [4.69, 9.17) is 0 Å². The Morgan fingerprint density at radius 2 is 1.81 bits per heavy atom. The number of pyridine rings is 1. The summed E-state index contributed by atoms with van der Waals surface area (Å²) in [5.74, 6) is -3.20. The molecule has 1 aliphatic heterocycles. The molecule has 1 aromatic carbocycles. The summed E-state index contributed by atoms with van der Waals surface area (Å²) >= 11 is 0. The van der Waals surface area contributed by atoms with E-state index in [2.05, 4.69) is 5.32 Å². The molecule has 142 valence electrons. The predicted molar refractivity (Wildman–Crippen MR) is 95.1 cm³/mol. The van der Waals surface area contributed by atoms with E-state index in [0.717, 1.165) is 12.3 Å². The van der Waals surface area contributed by atoms with Crippen molar-refractivity contribution in [2.24, 2.45) is 0 Å². The second-order valence-corrected chi connectivity index (χ2v) is 6.94. The van der Waals surface area contributed by atoms with Crippen LogP contribution in [0.1, 0.15) is 23.2 Å². The third kappa shape index (κ3) is 2.66. The average molecular weight is 375 g/mol. The fourth-order valence-electron chi connectivity index (χ4n) is 3.67. The van der Waals surface area contributed by atoms with Crippen molar-refractivity contribution in [2.45, 2.75) is 18.4 Å². The number of anilines is 1. The lowest BCUT2D eigenvalue weighted by Crippen LogP contribution is -2.44. The van der Waals surface area contributed by atoms with E-state index in [1.807, 2.05) is 4.90 Å². The fourth-order valence-corrected chi connectivity index (χ4v) is 3.67. The first-order chi connectivity index (χ1) is 12.8. The Hall–Kier alpha value is -2.94. The van der Waals surface area contributed by atoms with Gasteiger partial charge in [0.2, 0.25) is 5.43 Å². The Kier molecular flexibility index (Phi) is 3.92. The zero-order valence-corrected chi connectivity index (χ0v) is 14.4. The summed E-state index contributed by atoms with van der Waals surface area (Å²) in [6.07, 6.45) is 1.72. The van der Waals surface area contributed by atoms with E-state index >= 15 is 0 Å². The lowest BCUT2D eigenvalue weighted by atomic mass is 10.1. The molecule has 1 saturated carbocycles. The van der Waals surface area contributed by atoms with Gasteiger partial charge in [0.25, 0.3) is 0 Å². The van der Waals surface area contributed by atoms with Crippen LogP contribution in [-0.2, 0) is 10.3 Å². The first-order valence-electron chi connectivity index (χ1n) is 8.67. The molecule has 8 nitrogen and oxygen atoms in total. The molecule has 2 aliphatic rings. The maximum absolute atomic E-state index is 14.7. The molecule has 0 spiro atoms. The minimum atomic E-state index is -1.47. The third-order valence-corrected chi connectivity index (χ3v) is 5.34. The number of aromatic carboxylic acids is 1. The molecule has 0 amide bonds. The Bertz CT molecular complexity index is 1020. The summed E-state index contributed by atoms with van der Waals surface area (Å²) < 4.78 is 16.1. The highest BCUT2D eigenvalue weighted by Crippen LogP contribution is 2.45. The van der Waals surface area contributed by atoms with Gasteiger partial charge in [-0.1, -0.05) is 0 Å². The molecule has 4 rings (SSSR count). The van der Waals surface area contributed by atoms with Gasteiger partial charge in [-0.05, 0) is 25.0 Å². The summed E-state index contributed by atoms with van der Waals surface area (Å²) in [7, 11) is 0. The van der Waals surface area contributed by atoms with Crippen LogP contribution in [0.5, 0.6) is 0 Å². The van der Waals surface area contributed by atoms with Gasteiger partial charge in [0, 0.05) is 37.8 Å². The van der Waals surface area contributed by atoms with Gasteiger partial charge in [-0.2, -0.15) is 0 Å². The molecular weight excluding hydrogens is 357 g/mol. The third-order valence-electron chi connectivity index (χ3n) is 5.34. The number of hydrogen-bond donors (Lipinski definition) is 3. The monoisotopic (exact) mass is 375 g/mol. The van der Waals surface area contributed by atoms with Crippen LogP contribution in [0, 0.1) is 5.82 Å². The highest BCUT2D eigenvalue weighted by atomic mass is 19.1. The zero-order valence-electron chi connectivity index (χ0n) is 14.4. The number of nitrogens with zero attached hydrogens (tertiary/aromatic N) is 2. The first kappa shape index (κ1) is 17.5. The molecule has 1 saturated heterocycles. The van der Waals surface area contributed by atoms with Crippen LogP contribution < -0.4 is 15.6 Å². The molecule has 0 bridgehead atoms. The van der Waals surface area contributed by atoms with Gasteiger partial charge in [0.05, 0.1) is 11.2 Å². The summed E-state index contributed by atoms with van der Waals surface area (Å²) in [5.41, 5.74) is -2.17. The summed E-state index contributed by atoms with van der Waals surface area (Å²) in [6.45, 7) is 2.51.